The Bertz CT molecular complexity index is 617. The Morgan fingerprint density at radius 3 is 2.48 bits per heavy atom. The molecule has 6 heteroatoms. The van der Waals surface area contributed by atoms with Crippen molar-refractivity contribution in [2.45, 2.75) is 37.6 Å². The first-order valence-corrected chi connectivity index (χ1v) is 8.46. The molecule has 2 aromatic heterocycles. The summed E-state index contributed by atoms with van der Waals surface area (Å²) in [5.74, 6) is 1.85. The maximum absolute atomic E-state index is 5.52. The number of hydrogen-bond donors (Lipinski definition) is 0. The average molecular weight is 314 g/mol. The first kappa shape index (κ1) is 14.8. The quantitative estimate of drug-likeness (QED) is 0.867. The lowest BCUT2D eigenvalue weighted by Gasteiger charge is -2.38. The zero-order valence-corrected chi connectivity index (χ0v) is 13.2. The van der Waals surface area contributed by atoms with Gasteiger partial charge in [0.15, 0.2) is 0 Å². The van der Waals surface area contributed by atoms with Gasteiger partial charge >= 0.3 is 0 Å². The Morgan fingerprint density at radius 2 is 1.74 bits per heavy atom. The largest absolute Gasteiger partial charge is 0.379 e. The SMILES string of the molecule is c1cc(-c2noc(C3CCC(N4CCOCC4)CC3)n2)ccn1. The summed E-state index contributed by atoms with van der Waals surface area (Å²) in [5, 5.41) is 4.13. The molecule has 0 unspecified atom stereocenters. The molecule has 6 nitrogen and oxygen atoms in total. The third-order valence-corrected chi connectivity index (χ3v) is 4.99. The van der Waals surface area contributed by atoms with Gasteiger partial charge in [-0.25, -0.2) is 0 Å². The highest BCUT2D eigenvalue weighted by Gasteiger charge is 2.30. The van der Waals surface area contributed by atoms with Crippen LogP contribution in [0.15, 0.2) is 29.0 Å². The molecule has 3 heterocycles. The zero-order chi connectivity index (χ0) is 15.5. The van der Waals surface area contributed by atoms with E-state index in [1.165, 1.54) is 12.8 Å². The van der Waals surface area contributed by atoms with Gasteiger partial charge in [-0.15, -0.1) is 0 Å². The molecule has 0 amide bonds. The summed E-state index contributed by atoms with van der Waals surface area (Å²) < 4.78 is 11.0. The van der Waals surface area contributed by atoms with Gasteiger partial charge in [0.05, 0.1) is 13.2 Å². The van der Waals surface area contributed by atoms with Crippen molar-refractivity contribution in [3.8, 4) is 11.4 Å². The van der Waals surface area contributed by atoms with Gasteiger partial charge in [0.2, 0.25) is 11.7 Å². The molecule has 1 saturated carbocycles. The lowest BCUT2D eigenvalue weighted by Crippen LogP contribution is -2.44. The number of ether oxygens (including phenoxy) is 1. The summed E-state index contributed by atoms with van der Waals surface area (Å²) in [6.07, 6.45) is 8.16. The molecular weight excluding hydrogens is 292 g/mol. The standard InChI is InChI=1S/C17H22N4O2/c1-3-15(21-9-11-22-12-10-21)4-2-14(1)17-19-16(20-23-17)13-5-7-18-8-6-13/h5-8,14-15H,1-4,9-12H2. The van der Waals surface area contributed by atoms with Gasteiger partial charge in [0.25, 0.3) is 0 Å². The minimum Gasteiger partial charge on any atom is -0.379 e. The average Bonchev–Trinajstić information content (AvgIpc) is 3.14. The number of aromatic nitrogens is 3. The normalized spacial score (nSPS) is 26.3. The van der Waals surface area contributed by atoms with Crippen molar-refractivity contribution < 1.29 is 9.26 Å². The molecule has 1 aliphatic heterocycles. The van der Waals surface area contributed by atoms with E-state index in [-0.39, 0.29) is 0 Å². The van der Waals surface area contributed by atoms with E-state index in [4.69, 9.17) is 9.26 Å². The van der Waals surface area contributed by atoms with Gasteiger partial charge in [-0.05, 0) is 37.8 Å². The zero-order valence-electron chi connectivity index (χ0n) is 13.2. The molecule has 23 heavy (non-hydrogen) atoms. The van der Waals surface area contributed by atoms with Crippen molar-refractivity contribution in [3.05, 3.63) is 30.4 Å². The molecule has 4 rings (SSSR count). The summed E-state index contributed by atoms with van der Waals surface area (Å²) in [6, 6.07) is 4.51. The highest BCUT2D eigenvalue weighted by atomic mass is 16.5. The summed E-state index contributed by atoms with van der Waals surface area (Å²) in [5.41, 5.74) is 0.956. The van der Waals surface area contributed by atoms with E-state index in [1.54, 1.807) is 12.4 Å². The molecule has 2 aliphatic rings. The number of pyridine rings is 1. The van der Waals surface area contributed by atoms with Crippen molar-refractivity contribution >= 4 is 0 Å². The van der Waals surface area contributed by atoms with Gasteiger partial charge in [-0.3, -0.25) is 9.88 Å². The predicted molar refractivity (Wildman–Crippen MR) is 84.9 cm³/mol. The highest BCUT2D eigenvalue weighted by Crippen LogP contribution is 2.34. The predicted octanol–water partition coefficient (Wildman–Crippen LogP) is 2.49. The van der Waals surface area contributed by atoms with Crippen LogP contribution in [0.1, 0.15) is 37.5 Å². The minimum atomic E-state index is 0.398. The van der Waals surface area contributed by atoms with Crippen molar-refractivity contribution in [2.75, 3.05) is 26.3 Å². The molecule has 2 fully saturated rings. The highest BCUT2D eigenvalue weighted by molar-refractivity contribution is 5.52. The lowest BCUT2D eigenvalue weighted by atomic mass is 9.85. The maximum Gasteiger partial charge on any atom is 0.230 e. The van der Waals surface area contributed by atoms with Crippen molar-refractivity contribution in [3.63, 3.8) is 0 Å². The fraction of sp³-hybridized carbons (Fsp3) is 0.588. The fourth-order valence-corrected chi connectivity index (χ4v) is 3.65. The Hall–Kier alpha value is -1.79. The second-order valence-electron chi connectivity index (χ2n) is 6.35. The van der Waals surface area contributed by atoms with E-state index in [0.29, 0.717) is 17.8 Å². The molecule has 0 atom stereocenters. The summed E-state index contributed by atoms with van der Waals surface area (Å²) >= 11 is 0. The Kier molecular flexibility index (Phi) is 4.35. The molecule has 1 saturated heterocycles. The van der Waals surface area contributed by atoms with Crippen LogP contribution in [0, 0.1) is 0 Å². The van der Waals surface area contributed by atoms with Crippen molar-refractivity contribution in [1.29, 1.82) is 0 Å². The molecule has 1 aliphatic carbocycles. The van der Waals surface area contributed by atoms with Gasteiger partial charge in [0.1, 0.15) is 0 Å². The van der Waals surface area contributed by atoms with Gasteiger partial charge in [-0.1, -0.05) is 5.16 Å². The van der Waals surface area contributed by atoms with Crippen LogP contribution in [0.5, 0.6) is 0 Å². The number of rotatable bonds is 3. The molecule has 0 N–H and O–H groups in total. The number of morpholine rings is 1. The van der Waals surface area contributed by atoms with Crippen LogP contribution < -0.4 is 0 Å². The number of nitrogens with zero attached hydrogens (tertiary/aromatic N) is 4. The monoisotopic (exact) mass is 314 g/mol. The first-order chi connectivity index (χ1) is 11.4. The van der Waals surface area contributed by atoms with Crippen LogP contribution in [-0.2, 0) is 4.74 Å². The lowest BCUT2D eigenvalue weighted by molar-refractivity contribution is 0.00659. The molecule has 0 radical (unpaired) electrons. The van der Waals surface area contributed by atoms with Gasteiger partial charge in [-0.2, -0.15) is 4.98 Å². The minimum absolute atomic E-state index is 0.398. The summed E-state index contributed by atoms with van der Waals surface area (Å²) in [6.45, 7) is 3.89. The van der Waals surface area contributed by atoms with E-state index >= 15 is 0 Å². The first-order valence-electron chi connectivity index (χ1n) is 8.46. The molecule has 122 valence electrons. The van der Waals surface area contributed by atoms with Crippen molar-refractivity contribution in [1.82, 2.24) is 20.0 Å². The van der Waals surface area contributed by atoms with Crippen LogP contribution in [0.3, 0.4) is 0 Å². The molecule has 0 spiro atoms. The number of hydrogen-bond acceptors (Lipinski definition) is 6. The Labute approximate surface area is 135 Å². The topological polar surface area (TPSA) is 64.3 Å². The molecular formula is C17H22N4O2. The van der Waals surface area contributed by atoms with Crippen molar-refractivity contribution in [2.24, 2.45) is 0 Å². The van der Waals surface area contributed by atoms with Gasteiger partial charge in [0, 0.05) is 43.0 Å². The Morgan fingerprint density at radius 1 is 1.00 bits per heavy atom. The van der Waals surface area contributed by atoms with Gasteiger partial charge < -0.3 is 9.26 Å². The smallest absolute Gasteiger partial charge is 0.230 e. The maximum atomic E-state index is 5.52. The van der Waals surface area contributed by atoms with Crippen LogP contribution >= 0.6 is 0 Å². The van der Waals surface area contributed by atoms with E-state index in [9.17, 15) is 0 Å². The van der Waals surface area contributed by atoms with Crippen LogP contribution in [-0.4, -0.2) is 52.4 Å². The second-order valence-corrected chi connectivity index (χ2v) is 6.35. The molecule has 2 aromatic rings. The second kappa shape index (κ2) is 6.76. The van der Waals surface area contributed by atoms with E-state index in [2.05, 4.69) is 20.0 Å². The Balaban J connectivity index is 1.38. The van der Waals surface area contributed by atoms with E-state index in [1.807, 2.05) is 12.1 Å². The van der Waals surface area contributed by atoms with E-state index in [0.717, 1.165) is 50.6 Å². The van der Waals surface area contributed by atoms with E-state index < -0.39 is 0 Å². The third kappa shape index (κ3) is 3.28. The summed E-state index contributed by atoms with van der Waals surface area (Å²) in [7, 11) is 0. The molecule has 0 bridgehead atoms. The summed E-state index contributed by atoms with van der Waals surface area (Å²) in [4.78, 5) is 11.2. The van der Waals surface area contributed by atoms with Crippen LogP contribution in [0.4, 0.5) is 0 Å². The van der Waals surface area contributed by atoms with Crippen LogP contribution in [0.2, 0.25) is 0 Å². The third-order valence-electron chi connectivity index (χ3n) is 4.99. The fourth-order valence-electron chi connectivity index (χ4n) is 3.65. The molecule has 0 aromatic carbocycles. The van der Waals surface area contributed by atoms with Crippen LogP contribution in [0.25, 0.3) is 11.4 Å².